The quantitative estimate of drug-likeness (QED) is 0.892. The molecule has 5 heteroatoms. The van der Waals surface area contributed by atoms with E-state index in [2.05, 4.69) is 10.6 Å². The van der Waals surface area contributed by atoms with E-state index in [0.717, 1.165) is 18.7 Å². The van der Waals surface area contributed by atoms with Gasteiger partial charge in [-0.2, -0.15) is 0 Å². The minimum Gasteiger partial charge on any atom is -0.445 e. The highest BCUT2D eigenvalue weighted by Gasteiger charge is 2.14. The topological polar surface area (TPSA) is 50.4 Å². The SMILES string of the molecule is Cl.O=C(NC[C@H]1CCCNC1)OCc1ccccc1. The minimum atomic E-state index is -0.329. The standard InChI is InChI=1S/C14H20N2O2.ClH/c17-14(16-10-13-7-4-8-15-9-13)18-11-12-5-2-1-3-6-12;/h1-3,5-6,13,15H,4,7-11H2,(H,16,17);1H/t13-;/m0./s1. The molecule has 1 aromatic carbocycles. The molecule has 2 N–H and O–H groups in total. The molecule has 19 heavy (non-hydrogen) atoms. The summed E-state index contributed by atoms with van der Waals surface area (Å²) in [4.78, 5) is 11.5. The van der Waals surface area contributed by atoms with E-state index in [9.17, 15) is 4.79 Å². The zero-order valence-corrected chi connectivity index (χ0v) is 11.7. The van der Waals surface area contributed by atoms with Crippen molar-refractivity contribution in [2.24, 2.45) is 5.92 Å². The average molecular weight is 285 g/mol. The van der Waals surface area contributed by atoms with Crippen LogP contribution in [0, 0.1) is 5.92 Å². The molecule has 0 unspecified atom stereocenters. The molecular weight excluding hydrogens is 264 g/mol. The van der Waals surface area contributed by atoms with E-state index < -0.39 is 0 Å². The van der Waals surface area contributed by atoms with E-state index in [1.807, 2.05) is 30.3 Å². The molecule has 106 valence electrons. The Hall–Kier alpha value is -1.26. The fraction of sp³-hybridized carbons (Fsp3) is 0.500. The van der Waals surface area contributed by atoms with Crippen molar-refractivity contribution in [3.8, 4) is 0 Å². The van der Waals surface area contributed by atoms with Gasteiger partial charge in [-0.05, 0) is 37.4 Å². The summed E-state index contributed by atoms with van der Waals surface area (Å²) in [5.41, 5.74) is 1.01. The lowest BCUT2D eigenvalue weighted by Crippen LogP contribution is -2.38. The average Bonchev–Trinajstić information content (AvgIpc) is 2.45. The number of alkyl carbamates (subject to hydrolysis) is 1. The van der Waals surface area contributed by atoms with E-state index >= 15 is 0 Å². The number of hydrogen-bond acceptors (Lipinski definition) is 3. The maximum absolute atomic E-state index is 11.5. The van der Waals surface area contributed by atoms with Crippen LogP contribution in [0.4, 0.5) is 4.79 Å². The Balaban J connectivity index is 0.00000180. The molecule has 0 aromatic heterocycles. The Bertz CT molecular complexity index is 367. The van der Waals surface area contributed by atoms with Crippen LogP contribution < -0.4 is 10.6 Å². The third kappa shape index (κ3) is 5.94. The zero-order valence-electron chi connectivity index (χ0n) is 10.9. The summed E-state index contributed by atoms with van der Waals surface area (Å²) in [5, 5.41) is 6.15. The van der Waals surface area contributed by atoms with Gasteiger partial charge in [0.05, 0.1) is 0 Å². The van der Waals surface area contributed by atoms with Crippen LogP contribution in [0.15, 0.2) is 30.3 Å². The zero-order chi connectivity index (χ0) is 12.6. The van der Waals surface area contributed by atoms with Gasteiger partial charge in [0.25, 0.3) is 0 Å². The van der Waals surface area contributed by atoms with Gasteiger partial charge in [-0.3, -0.25) is 0 Å². The fourth-order valence-corrected chi connectivity index (χ4v) is 2.10. The van der Waals surface area contributed by atoms with Gasteiger partial charge in [0.15, 0.2) is 0 Å². The lowest BCUT2D eigenvalue weighted by Gasteiger charge is -2.22. The van der Waals surface area contributed by atoms with E-state index in [4.69, 9.17) is 4.74 Å². The third-order valence-electron chi connectivity index (χ3n) is 3.15. The number of rotatable bonds is 4. The Morgan fingerprint density at radius 1 is 1.37 bits per heavy atom. The molecule has 1 saturated heterocycles. The Kier molecular flexibility index (Phi) is 7.30. The predicted molar refractivity (Wildman–Crippen MR) is 77.5 cm³/mol. The molecule has 1 heterocycles. The third-order valence-corrected chi connectivity index (χ3v) is 3.15. The van der Waals surface area contributed by atoms with Crippen molar-refractivity contribution >= 4 is 18.5 Å². The molecule has 0 bridgehead atoms. The molecule has 0 aliphatic carbocycles. The van der Waals surface area contributed by atoms with Crippen molar-refractivity contribution in [3.63, 3.8) is 0 Å². The number of carbonyl (C=O) groups excluding carboxylic acids is 1. The van der Waals surface area contributed by atoms with Crippen LogP contribution in [0.3, 0.4) is 0 Å². The molecule has 1 aromatic rings. The van der Waals surface area contributed by atoms with Crippen LogP contribution in [0.2, 0.25) is 0 Å². The van der Waals surface area contributed by atoms with Gasteiger partial charge in [0, 0.05) is 6.54 Å². The largest absolute Gasteiger partial charge is 0.445 e. The maximum Gasteiger partial charge on any atom is 0.407 e. The molecule has 4 nitrogen and oxygen atoms in total. The summed E-state index contributed by atoms with van der Waals surface area (Å²) in [6, 6.07) is 9.70. The summed E-state index contributed by atoms with van der Waals surface area (Å²) in [6.45, 7) is 3.10. The first-order valence-corrected chi connectivity index (χ1v) is 6.50. The van der Waals surface area contributed by atoms with E-state index in [1.54, 1.807) is 0 Å². The van der Waals surface area contributed by atoms with Crippen molar-refractivity contribution in [2.75, 3.05) is 19.6 Å². The van der Waals surface area contributed by atoms with Crippen LogP contribution in [0.25, 0.3) is 0 Å². The second-order valence-electron chi connectivity index (χ2n) is 4.66. The van der Waals surface area contributed by atoms with Gasteiger partial charge in [-0.15, -0.1) is 12.4 Å². The van der Waals surface area contributed by atoms with Crippen molar-refractivity contribution in [3.05, 3.63) is 35.9 Å². The van der Waals surface area contributed by atoms with E-state index in [0.29, 0.717) is 19.1 Å². The number of piperidine rings is 1. The second-order valence-corrected chi connectivity index (χ2v) is 4.66. The number of nitrogens with one attached hydrogen (secondary N) is 2. The molecule has 1 fully saturated rings. The Morgan fingerprint density at radius 2 is 2.16 bits per heavy atom. The summed E-state index contributed by atoms with van der Waals surface area (Å²) < 4.78 is 5.15. The van der Waals surface area contributed by atoms with Crippen molar-refractivity contribution in [1.82, 2.24) is 10.6 Å². The Labute approximate surface area is 120 Å². The van der Waals surface area contributed by atoms with Gasteiger partial charge < -0.3 is 15.4 Å². The number of halogens is 1. The summed E-state index contributed by atoms with van der Waals surface area (Å²) >= 11 is 0. The molecule has 1 aliphatic heterocycles. The number of benzene rings is 1. The maximum atomic E-state index is 11.5. The van der Waals surface area contributed by atoms with Gasteiger partial charge in [0.1, 0.15) is 6.61 Å². The van der Waals surface area contributed by atoms with Crippen molar-refractivity contribution in [1.29, 1.82) is 0 Å². The summed E-state index contributed by atoms with van der Waals surface area (Å²) in [5.74, 6) is 0.531. The van der Waals surface area contributed by atoms with E-state index in [1.165, 1.54) is 12.8 Å². The monoisotopic (exact) mass is 284 g/mol. The lowest BCUT2D eigenvalue weighted by atomic mass is 10.00. The summed E-state index contributed by atoms with van der Waals surface area (Å²) in [7, 11) is 0. The normalized spacial score (nSPS) is 18.2. The number of hydrogen-bond donors (Lipinski definition) is 2. The molecule has 1 atom stereocenters. The number of amides is 1. The fourth-order valence-electron chi connectivity index (χ4n) is 2.10. The van der Waals surface area contributed by atoms with Crippen LogP contribution >= 0.6 is 12.4 Å². The molecule has 1 aliphatic rings. The van der Waals surface area contributed by atoms with Crippen molar-refractivity contribution < 1.29 is 9.53 Å². The van der Waals surface area contributed by atoms with Crippen LogP contribution in [0.1, 0.15) is 18.4 Å². The molecule has 0 spiro atoms. The summed E-state index contributed by atoms with van der Waals surface area (Å²) in [6.07, 6.45) is 2.03. The molecule has 0 saturated carbocycles. The van der Waals surface area contributed by atoms with Crippen molar-refractivity contribution in [2.45, 2.75) is 19.4 Å². The Morgan fingerprint density at radius 3 is 2.84 bits per heavy atom. The minimum absolute atomic E-state index is 0. The smallest absolute Gasteiger partial charge is 0.407 e. The predicted octanol–water partition coefficient (Wildman–Crippen LogP) is 2.33. The first-order chi connectivity index (χ1) is 8.84. The van der Waals surface area contributed by atoms with Gasteiger partial charge in [0.2, 0.25) is 0 Å². The first-order valence-electron chi connectivity index (χ1n) is 6.50. The number of ether oxygens (including phenoxy) is 1. The number of carbonyl (C=O) groups is 1. The van der Waals surface area contributed by atoms with Crippen LogP contribution in [0.5, 0.6) is 0 Å². The first kappa shape index (κ1) is 15.8. The molecule has 0 radical (unpaired) electrons. The lowest BCUT2D eigenvalue weighted by molar-refractivity contribution is 0.137. The second kappa shape index (κ2) is 8.77. The van der Waals surface area contributed by atoms with Crippen LogP contribution in [-0.2, 0) is 11.3 Å². The highest BCUT2D eigenvalue weighted by Crippen LogP contribution is 2.08. The molecule has 2 rings (SSSR count). The van der Waals surface area contributed by atoms with Gasteiger partial charge in [-0.25, -0.2) is 4.79 Å². The van der Waals surface area contributed by atoms with Gasteiger partial charge >= 0.3 is 6.09 Å². The molecular formula is C14H21ClN2O2. The van der Waals surface area contributed by atoms with E-state index in [-0.39, 0.29) is 18.5 Å². The highest BCUT2D eigenvalue weighted by molar-refractivity contribution is 5.85. The molecule has 1 amide bonds. The van der Waals surface area contributed by atoms with Crippen LogP contribution in [-0.4, -0.2) is 25.7 Å². The van der Waals surface area contributed by atoms with Gasteiger partial charge in [-0.1, -0.05) is 30.3 Å². The highest BCUT2D eigenvalue weighted by atomic mass is 35.5.